The highest BCUT2D eigenvalue weighted by atomic mass is 32.1. The van der Waals surface area contributed by atoms with Crippen LogP contribution in [0.4, 0.5) is 0 Å². The van der Waals surface area contributed by atoms with Gasteiger partial charge in [0, 0.05) is 20.1 Å². The molecule has 8 nitrogen and oxygen atoms in total. The van der Waals surface area contributed by atoms with Crippen molar-refractivity contribution in [3.63, 3.8) is 0 Å². The molecular formula is C19H18N6O2S2. The lowest BCUT2D eigenvalue weighted by atomic mass is 10.0. The van der Waals surface area contributed by atoms with E-state index in [0.717, 1.165) is 10.6 Å². The fourth-order valence-electron chi connectivity index (χ4n) is 3.71. The van der Waals surface area contributed by atoms with Gasteiger partial charge in [-0.15, -0.1) is 27.8 Å². The molecule has 0 radical (unpaired) electrons. The highest BCUT2D eigenvalue weighted by Crippen LogP contribution is 2.26. The zero-order valence-corrected chi connectivity index (χ0v) is 17.3. The average Bonchev–Trinajstić information content (AvgIpc) is 3.48. The van der Waals surface area contributed by atoms with E-state index in [9.17, 15) is 9.59 Å². The van der Waals surface area contributed by atoms with E-state index < -0.39 is 0 Å². The maximum absolute atomic E-state index is 13.0. The fraction of sp³-hybridized carbons (Fsp3) is 0.316. The number of aryl methyl sites for hydroxylation is 1. The largest absolute Gasteiger partial charge is 0.337 e. The van der Waals surface area contributed by atoms with E-state index in [1.54, 1.807) is 29.1 Å². The molecule has 4 aromatic rings. The van der Waals surface area contributed by atoms with E-state index in [0.29, 0.717) is 41.8 Å². The average molecular weight is 427 g/mol. The molecule has 1 aliphatic rings. The van der Waals surface area contributed by atoms with Crippen LogP contribution in [0.1, 0.15) is 29.4 Å². The Morgan fingerprint density at radius 3 is 2.76 bits per heavy atom. The summed E-state index contributed by atoms with van der Waals surface area (Å²) in [4.78, 5) is 28.6. The first-order valence-corrected chi connectivity index (χ1v) is 11.1. The van der Waals surface area contributed by atoms with Gasteiger partial charge in [0.15, 0.2) is 0 Å². The predicted octanol–water partition coefficient (Wildman–Crippen LogP) is 2.79. The lowest BCUT2D eigenvalue weighted by Crippen LogP contribution is -2.42. The fourth-order valence-corrected chi connectivity index (χ4v) is 5.15. The molecule has 29 heavy (non-hydrogen) atoms. The second kappa shape index (κ2) is 7.20. The van der Waals surface area contributed by atoms with Gasteiger partial charge in [0.25, 0.3) is 11.5 Å². The summed E-state index contributed by atoms with van der Waals surface area (Å²) in [7, 11) is 1.79. The number of rotatable bonds is 3. The van der Waals surface area contributed by atoms with Gasteiger partial charge in [0.2, 0.25) is 0 Å². The summed E-state index contributed by atoms with van der Waals surface area (Å²) < 4.78 is 3.76. The first-order chi connectivity index (χ1) is 14.1. The van der Waals surface area contributed by atoms with Gasteiger partial charge in [0.1, 0.15) is 21.6 Å². The summed E-state index contributed by atoms with van der Waals surface area (Å²) in [6, 6.07) is 7.58. The van der Waals surface area contributed by atoms with Crippen molar-refractivity contribution in [1.29, 1.82) is 0 Å². The molecule has 0 atom stereocenters. The Bertz CT molecular complexity index is 1230. The molecule has 1 fully saturated rings. The topological polar surface area (TPSA) is 85.9 Å². The van der Waals surface area contributed by atoms with E-state index in [2.05, 4.69) is 15.4 Å². The second-order valence-electron chi connectivity index (χ2n) is 7.01. The maximum atomic E-state index is 13.0. The number of likely N-dealkylation sites (tertiary alicyclic amines) is 1. The van der Waals surface area contributed by atoms with Gasteiger partial charge in [0.05, 0.1) is 10.9 Å². The summed E-state index contributed by atoms with van der Waals surface area (Å²) in [5.74, 6) is -0.0339. The van der Waals surface area contributed by atoms with Gasteiger partial charge >= 0.3 is 0 Å². The Labute approximate surface area is 174 Å². The molecule has 0 aromatic carbocycles. The van der Waals surface area contributed by atoms with Crippen molar-refractivity contribution in [2.45, 2.75) is 18.9 Å². The van der Waals surface area contributed by atoms with Crippen LogP contribution in [0.25, 0.3) is 20.8 Å². The number of carbonyl (C=O) groups excluding carboxylic acids is 1. The van der Waals surface area contributed by atoms with E-state index in [1.165, 1.54) is 16.0 Å². The number of hydrogen-bond donors (Lipinski definition) is 0. The van der Waals surface area contributed by atoms with E-state index >= 15 is 0 Å². The van der Waals surface area contributed by atoms with Crippen LogP contribution in [-0.4, -0.2) is 48.7 Å². The van der Waals surface area contributed by atoms with Crippen molar-refractivity contribution >= 4 is 38.8 Å². The van der Waals surface area contributed by atoms with Gasteiger partial charge in [-0.25, -0.2) is 4.68 Å². The third-order valence-corrected chi connectivity index (χ3v) is 7.05. The first kappa shape index (κ1) is 18.2. The Balaban J connectivity index is 1.32. The molecule has 4 aromatic heterocycles. The minimum atomic E-state index is -0.0954. The number of nitrogens with zero attached hydrogens (tertiary/aromatic N) is 6. The van der Waals surface area contributed by atoms with Crippen LogP contribution < -0.4 is 5.56 Å². The molecule has 5 rings (SSSR count). The minimum absolute atomic E-state index is 0.0339. The van der Waals surface area contributed by atoms with E-state index in [1.807, 2.05) is 33.9 Å². The molecule has 0 unspecified atom stereocenters. The van der Waals surface area contributed by atoms with Crippen molar-refractivity contribution in [3.8, 4) is 10.6 Å². The van der Waals surface area contributed by atoms with Gasteiger partial charge in [-0.2, -0.15) is 5.10 Å². The number of thiophene rings is 2. The molecular weight excluding hydrogens is 408 g/mol. The molecule has 0 N–H and O–H groups in total. The number of amides is 1. The highest BCUT2D eigenvalue weighted by molar-refractivity contribution is 7.17. The number of carbonyl (C=O) groups is 1. The normalized spacial score (nSPS) is 15.3. The summed E-state index contributed by atoms with van der Waals surface area (Å²) in [6.07, 6.45) is 1.35. The Kier molecular flexibility index (Phi) is 4.51. The molecule has 10 heteroatoms. The van der Waals surface area contributed by atoms with Gasteiger partial charge in [-0.1, -0.05) is 11.3 Å². The maximum Gasteiger partial charge on any atom is 0.287 e. The third kappa shape index (κ3) is 3.18. The third-order valence-electron chi connectivity index (χ3n) is 5.27. The highest BCUT2D eigenvalue weighted by Gasteiger charge is 2.28. The molecule has 0 spiro atoms. The van der Waals surface area contributed by atoms with Crippen LogP contribution in [-0.2, 0) is 7.05 Å². The zero-order chi connectivity index (χ0) is 20.0. The van der Waals surface area contributed by atoms with E-state index in [4.69, 9.17) is 0 Å². The summed E-state index contributed by atoms with van der Waals surface area (Å²) in [6.45, 7) is 1.14. The van der Waals surface area contributed by atoms with Crippen LogP contribution in [0.3, 0.4) is 0 Å². The monoisotopic (exact) mass is 426 g/mol. The molecule has 0 bridgehead atoms. The standard InChI is InChI=1S/C19H18N6O2S2/c1-23-15(11-14(21-23)16-3-2-9-28-16)18(26)24-7-4-12(5-8-24)25-19(27)17-13(20-22-25)6-10-29-17/h2-3,6,9-12H,4-5,7-8H2,1H3. The zero-order valence-electron chi connectivity index (χ0n) is 15.7. The SMILES string of the molecule is Cn1nc(-c2cccs2)cc1C(=O)N1CCC(n2nnc3ccsc3c2=O)CC1. The molecule has 0 aliphatic carbocycles. The Morgan fingerprint density at radius 2 is 2.00 bits per heavy atom. The van der Waals surface area contributed by atoms with Crippen molar-refractivity contribution in [3.05, 3.63) is 51.1 Å². The quantitative estimate of drug-likeness (QED) is 0.503. The molecule has 1 aliphatic heterocycles. The Hall–Kier alpha value is -2.85. The molecule has 5 heterocycles. The number of fused-ring (bicyclic) bond motifs is 1. The van der Waals surface area contributed by atoms with Crippen molar-refractivity contribution in [2.75, 3.05) is 13.1 Å². The van der Waals surface area contributed by atoms with Gasteiger partial charge in [-0.3, -0.25) is 14.3 Å². The Morgan fingerprint density at radius 1 is 1.17 bits per heavy atom. The van der Waals surface area contributed by atoms with Gasteiger partial charge < -0.3 is 4.90 Å². The number of aromatic nitrogens is 5. The van der Waals surface area contributed by atoms with Crippen LogP contribution >= 0.6 is 22.7 Å². The van der Waals surface area contributed by atoms with Crippen molar-refractivity contribution in [2.24, 2.45) is 7.05 Å². The number of hydrogen-bond acceptors (Lipinski definition) is 7. The van der Waals surface area contributed by atoms with Crippen LogP contribution in [0, 0.1) is 0 Å². The number of piperidine rings is 1. The second-order valence-corrected chi connectivity index (χ2v) is 8.88. The molecule has 1 amide bonds. The van der Waals surface area contributed by atoms with Crippen molar-refractivity contribution in [1.82, 2.24) is 29.7 Å². The first-order valence-electron chi connectivity index (χ1n) is 9.32. The van der Waals surface area contributed by atoms with Crippen LogP contribution in [0.5, 0.6) is 0 Å². The summed E-state index contributed by atoms with van der Waals surface area (Å²) in [5.41, 5.74) is 1.93. The van der Waals surface area contributed by atoms with Crippen LogP contribution in [0.15, 0.2) is 39.8 Å². The molecule has 0 saturated carbocycles. The lowest BCUT2D eigenvalue weighted by Gasteiger charge is -2.31. The molecule has 1 saturated heterocycles. The lowest BCUT2D eigenvalue weighted by molar-refractivity contribution is 0.0676. The van der Waals surface area contributed by atoms with Gasteiger partial charge in [-0.05, 0) is 41.8 Å². The summed E-state index contributed by atoms with van der Waals surface area (Å²) >= 11 is 2.99. The smallest absolute Gasteiger partial charge is 0.287 e. The van der Waals surface area contributed by atoms with Crippen molar-refractivity contribution < 1.29 is 4.79 Å². The minimum Gasteiger partial charge on any atom is -0.337 e. The molecule has 148 valence electrons. The predicted molar refractivity (Wildman–Crippen MR) is 112 cm³/mol. The van der Waals surface area contributed by atoms with E-state index in [-0.39, 0.29) is 17.5 Å². The summed E-state index contributed by atoms with van der Waals surface area (Å²) in [5, 5.41) is 16.6. The van der Waals surface area contributed by atoms with Crippen LogP contribution in [0.2, 0.25) is 0 Å².